The van der Waals surface area contributed by atoms with Crippen molar-refractivity contribution in [3.05, 3.63) is 0 Å². The maximum Gasteiger partial charge on any atom is 0.165 e. The van der Waals surface area contributed by atoms with E-state index in [2.05, 4.69) is 0 Å². The van der Waals surface area contributed by atoms with Crippen molar-refractivity contribution in [3.63, 3.8) is 0 Å². The Morgan fingerprint density at radius 2 is 0.361 bits per heavy atom. The molecule has 0 amide bonds. The third-order valence-corrected chi connectivity index (χ3v) is 8.45. The Balaban J connectivity index is -0.0000000776. The van der Waals surface area contributed by atoms with Crippen molar-refractivity contribution in [2.45, 2.75) is 84.1 Å². The van der Waals surface area contributed by atoms with E-state index in [-0.39, 0.29) is 21.1 Å². The fourth-order valence-electron chi connectivity index (χ4n) is 0. The van der Waals surface area contributed by atoms with Crippen molar-refractivity contribution in [2.75, 3.05) is 0 Å². The van der Waals surface area contributed by atoms with Gasteiger partial charge in [-0.3, -0.25) is 0 Å². The Morgan fingerprint density at radius 3 is 0.361 bits per heavy atom. The van der Waals surface area contributed by atoms with Crippen LogP contribution in [0.2, 0.25) is 0 Å². The summed E-state index contributed by atoms with van der Waals surface area (Å²) < 4.78 is 0. The zero-order chi connectivity index (χ0) is 30.4. The average Bonchev–Trinajstić information content (AvgIpc) is 2.52. The van der Waals surface area contributed by atoms with Gasteiger partial charge >= 0.3 is 0 Å². The largest absolute Gasteiger partial charge is 0.372 e. The number of hydrogen-bond donors (Lipinski definition) is 5. The molecule has 0 spiro atoms. The van der Waals surface area contributed by atoms with Crippen LogP contribution in [-0.2, 0) is 21.1 Å². The number of aliphatic hydroxyl groups is 5. The van der Waals surface area contributed by atoms with Gasteiger partial charge in [-0.05, 0) is 34.6 Å². The molecule has 226 valence electrons. The molecule has 0 aliphatic carbocycles. The molecule has 0 rings (SSSR count). The Hall–Kier alpha value is 4.84. The number of hydrogen-bond acceptors (Lipinski definition) is 5. The minimum Gasteiger partial charge on any atom is -0.372 e. The summed E-state index contributed by atoms with van der Waals surface area (Å²) in [6.45, 7) is 6.59. The van der Waals surface area contributed by atoms with Crippen LogP contribution in [0.1, 0.15) is 34.6 Å². The zero-order valence-electron chi connectivity index (χ0n) is 18.7. The molecule has 0 saturated carbocycles. The van der Waals surface area contributed by atoms with Crippen molar-refractivity contribution in [1.29, 1.82) is 0 Å². The first kappa shape index (κ1) is 53.4. The van der Waals surface area contributed by atoms with Gasteiger partial charge < -0.3 is 25.5 Å². The van der Waals surface area contributed by atoms with Gasteiger partial charge in [-0.25, -0.2) is 0 Å². The van der Waals surface area contributed by atoms with Crippen LogP contribution in [0, 0.1) is 0 Å². The summed E-state index contributed by atoms with van der Waals surface area (Å²) in [5, 5.41) is 35.5. The van der Waals surface area contributed by atoms with E-state index in [1.54, 1.807) is 0 Å². The van der Waals surface area contributed by atoms with Crippen LogP contribution in [0.15, 0.2) is 0 Å². The van der Waals surface area contributed by atoms with Gasteiger partial charge in [0.2, 0.25) is 0 Å². The zero-order valence-corrected chi connectivity index (χ0v) is 32.0. The van der Waals surface area contributed by atoms with Crippen LogP contribution >= 0.6 is 174 Å². The Kier molecular flexibility index (Phi) is 35.9. The van der Waals surface area contributed by atoms with Crippen LogP contribution in [-0.4, -0.2) is 75.0 Å². The molecule has 36 heavy (non-hydrogen) atoms. The molecule has 5 nitrogen and oxygen atoms in total. The minimum absolute atomic E-state index is 0. The third-order valence-electron chi connectivity index (χ3n) is 1.99. The maximum absolute atomic E-state index is 8.60. The summed E-state index contributed by atoms with van der Waals surface area (Å²) in [7, 11) is 0. The monoisotopic (exact) mass is 908 g/mol. The van der Waals surface area contributed by atoms with Gasteiger partial charge in [0.1, 0.15) is 24.2 Å². The van der Waals surface area contributed by atoms with Gasteiger partial charge in [0.25, 0.3) is 0 Å². The molecule has 0 aromatic rings. The summed E-state index contributed by atoms with van der Waals surface area (Å²) in [6, 6.07) is 0. The van der Waals surface area contributed by atoms with E-state index in [1.807, 2.05) is 0 Å². The average molecular weight is 913 g/mol. The first-order valence-electron chi connectivity index (χ1n) is 8.19. The molecule has 0 bridgehead atoms. The Morgan fingerprint density at radius 1 is 0.333 bits per heavy atom. The second-order valence-corrected chi connectivity index (χ2v) is 15.9. The van der Waals surface area contributed by atoms with Crippen molar-refractivity contribution in [1.82, 2.24) is 0 Å². The first-order chi connectivity index (χ1) is 14.7. The second-order valence-electron chi connectivity index (χ2n) is 6.62. The van der Waals surface area contributed by atoms with E-state index in [0.717, 1.165) is 0 Å². The number of halogens is 15. The molecule has 0 aromatic carbocycles. The Bertz CT molecular complexity index is 390. The first-order valence-corrected chi connectivity index (χ1v) is 14.4. The molecule has 0 radical (unpaired) electrons. The maximum atomic E-state index is 8.60. The molecule has 0 aliphatic heterocycles. The van der Waals surface area contributed by atoms with Crippen molar-refractivity contribution >= 4 is 174 Å². The van der Waals surface area contributed by atoms with E-state index in [4.69, 9.17) is 200 Å². The summed E-state index contributed by atoms with van der Waals surface area (Å²) in [5.41, 5.74) is 0. The molecule has 5 N–H and O–H groups in total. The summed E-state index contributed by atoms with van der Waals surface area (Å²) in [6.07, 6.45) is 0. The smallest absolute Gasteiger partial charge is 0.165 e. The molecule has 0 heterocycles. The second kappa shape index (κ2) is 24.2. The van der Waals surface area contributed by atoms with Gasteiger partial charge in [-0.1, -0.05) is 58.0 Å². The standard InChI is InChI=1S/5C3H5Cl3O.Mo/c5*1-3(6,7)2(4)5;/h5*2,7H,1H3;. The molecule has 5 atom stereocenters. The quantitative estimate of drug-likeness (QED) is 0.141. The molecule has 0 aromatic heterocycles. The van der Waals surface area contributed by atoms with E-state index >= 15 is 0 Å². The third kappa shape index (κ3) is 45.8. The molecular formula is C15H25Cl15MoO5. The Labute approximate surface area is 301 Å². The van der Waals surface area contributed by atoms with Gasteiger partial charge in [0.05, 0.1) is 0 Å². The molecular weight excluding hydrogens is 888 g/mol. The summed E-state index contributed by atoms with van der Waals surface area (Å²) in [4.78, 5) is -4.68. The predicted octanol–water partition coefficient (Wildman–Crippen LogP) is 8.68. The van der Waals surface area contributed by atoms with Gasteiger partial charge in [-0.15, -0.1) is 116 Å². The molecule has 0 fully saturated rings. The predicted molar refractivity (Wildman–Crippen MR) is 160 cm³/mol. The normalized spacial score (nSPS) is 19.2. The van der Waals surface area contributed by atoms with Crippen LogP contribution in [0.3, 0.4) is 0 Å². The fourth-order valence-corrected chi connectivity index (χ4v) is 0. The van der Waals surface area contributed by atoms with Crippen LogP contribution in [0.4, 0.5) is 0 Å². The molecule has 5 unspecified atom stereocenters. The van der Waals surface area contributed by atoms with Crippen LogP contribution in [0.25, 0.3) is 0 Å². The van der Waals surface area contributed by atoms with Gasteiger partial charge in [0.15, 0.2) is 25.3 Å². The van der Waals surface area contributed by atoms with Gasteiger partial charge in [-0.2, -0.15) is 0 Å². The topological polar surface area (TPSA) is 101 Å². The van der Waals surface area contributed by atoms with Crippen molar-refractivity contribution in [2.24, 2.45) is 0 Å². The van der Waals surface area contributed by atoms with E-state index in [0.29, 0.717) is 0 Å². The van der Waals surface area contributed by atoms with E-state index in [1.165, 1.54) is 34.6 Å². The molecule has 21 heteroatoms. The minimum atomic E-state index is -1.50. The van der Waals surface area contributed by atoms with E-state index in [9.17, 15) is 0 Å². The SMILES string of the molecule is CC(O)(Cl)C(Cl)Cl.CC(O)(Cl)C(Cl)Cl.CC(O)(Cl)C(Cl)Cl.CC(O)(Cl)C(Cl)Cl.CC(O)(Cl)C(Cl)Cl.[Mo]. The molecule has 0 saturated heterocycles. The van der Waals surface area contributed by atoms with E-state index < -0.39 is 49.5 Å². The number of alkyl halides is 15. The summed E-state index contributed by atoms with van der Waals surface area (Å²) >= 11 is 77.2. The molecule has 0 aliphatic rings. The van der Waals surface area contributed by atoms with Crippen molar-refractivity contribution < 1.29 is 46.6 Å². The van der Waals surface area contributed by atoms with Crippen LogP contribution < -0.4 is 0 Å². The summed E-state index contributed by atoms with van der Waals surface area (Å²) in [5.74, 6) is 0. The fraction of sp³-hybridized carbons (Fsp3) is 1.00. The number of rotatable bonds is 5. The van der Waals surface area contributed by atoms with Crippen molar-refractivity contribution in [3.8, 4) is 0 Å². The van der Waals surface area contributed by atoms with Gasteiger partial charge in [0, 0.05) is 21.1 Å². The van der Waals surface area contributed by atoms with Crippen LogP contribution in [0.5, 0.6) is 0 Å².